The zero-order chi connectivity index (χ0) is 9.26. The second-order valence-electron chi connectivity index (χ2n) is 3.32. The molecule has 0 atom stereocenters. The van der Waals surface area contributed by atoms with E-state index in [9.17, 15) is 4.79 Å². The molecule has 1 aliphatic rings. The van der Waals surface area contributed by atoms with Crippen molar-refractivity contribution in [2.75, 3.05) is 7.05 Å². The van der Waals surface area contributed by atoms with Crippen LogP contribution in [0.5, 0.6) is 0 Å². The van der Waals surface area contributed by atoms with Gasteiger partial charge in [0.1, 0.15) is 0 Å². The van der Waals surface area contributed by atoms with Crippen molar-refractivity contribution in [2.24, 2.45) is 0 Å². The highest BCUT2D eigenvalue weighted by Gasteiger charge is 2.20. The Balaban J connectivity index is 2.36. The van der Waals surface area contributed by atoms with Crippen LogP contribution in [0, 0.1) is 0 Å². The number of hydrogen-bond acceptors (Lipinski definition) is 2. The van der Waals surface area contributed by atoms with E-state index in [1.807, 2.05) is 0 Å². The molecule has 2 rings (SSSR count). The van der Waals surface area contributed by atoms with E-state index in [2.05, 4.69) is 15.5 Å². The van der Waals surface area contributed by atoms with Crippen molar-refractivity contribution in [1.29, 1.82) is 0 Å². The summed E-state index contributed by atoms with van der Waals surface area (Å²) < 4.78 is 0. The van der Waals surface area contributed by atoms with Gasteiger partial charge in [-0.25, -0.2) is 0 Å². The first-order valence-corrected chi connectivity index (χ1v) is 4.61. The van der Waals surface area contributed by atoms with Crippen LogP contribution < -0.4 is 5.32 Å². The summed E-state index contributed by atoms with van der Waals surface area (Å²) in [6.07, 6.45) is 4.37. The third-order valence-electron chi connectivity index (χ3n) is 2.50. The van der Waals surface area contributed by atoms with Gasteiger partial charge in [0.15, 0.2) is 5.69 Å². The van der Waals surface area contributed by atoms with Crippen LogP contribution in [0.25, 0.3) is 0 Å². The maximum absolute atomic E-state index is 11.4. The summed E-state index contributed by atoms with van der Waals surface area (Å²) in [5.74, 6) is -0.0839. The molecule has 0 unspecified atom stereocenters. The Morgan fingerprint density at radius 2 is 2.23 bits per heavy atom. The minimum atomic E-state index is -0.0839. The van der Waals surface area contributed by atoms with Gasteiger partial charge in [0.25, 0.3) is 5.91 Å². The molecule has 0 aromatic carbocycles. The lowest BCUT2D eigenvalue weighted by atomic mass is 9.96. The van der Waals surface area contributed by atoms with Crippen molar-refractivity contribution >= 4 is 5.91 Å². The fourth-order valence-corrected chi connectivity index (χ4v) is 1.79. The third-order valence-corrected chi connectivity index (χ3v) is 2.50. The van der Waals surface area contributed by atoms with E-state index < -0.39 is 0 Å². The molecule has 0 radical (unpaired) electrons. The lowest BCUT2D eigenvalue weighted by molar-refractivity contribution is 0.0957. The zero-order valence-electron chi connectivity index (χ0n) is 7.68. The molecular weight excluding hydrogens is 166 g/mol. The van der Waals surface area contributed by atoms with E-state index in [-0.39, 0.29) is 5.91 Å². The van der Waals surface area contributed by atoms with Crippen molar-refractivity contribution in [3.63, 3.8) is 0 Å². The molecule has 4 heteroatoms. The van der Waals surface area contributed by atoms with E-state index >= 15 is 0 Å². The Labute approximate surface area is 76.7 Å². The number of amides is 1. The van der Waals surface area contributed by atoms with Crippen LogP contribution in [-0.2, 0) is 12.8 Å². The third kappa shape index (κ3) is 1.32. The predicted molar refractivity (Wildman–Crippen MR) is 48.6 cm³/mol. The highest BCUT2D eigenvalue weighted by Crippen LogP contribution is 2.21. The molecule has 0 fully saturated rings. The van der Waals surface area contributed by atoms with Crippen LogP contribution in [0.15, 0.2) is 0 Å². The standard InChI is InChI=1S/C9H13N3O/c1-10-9(13)8-6-4-2-3-5-7(6)11-12-8/h2-5H2,1H3,(H,10,13)(H,11,12). The number of aryl methyl sites for hydroxylation is 1. The number of aromatic nitrogens is 2. The molecule has 1 amide bonds. The molecule has 0 spiro atoms. The van der Waals surface area contributed by atoms with Crippen molar-refractivity contribution in [3.8, 4) is 0 Å². The van der Waals surface area contributed by atoms with E-state index in [4.69, 9.17) is 0 Å². The number of carbonyl (C=O) groups excluding carboxylic acids is 1. The van der Waals surface area contributed by atoms with Gasteiger partial charge in [-0.05, 0) is 25.7 Å². The summed E-state index contributed by atoms with van der Waals surface area (Å²) in [6, 6.07) is 0. The molecular formula is C9H13N3O. The maximum atomic E-state index is 11.4. The first kappa shape index (κ1) is 8.29. The Hall–Kier alpha value is -1.32. The number of nitrogens with zero attached hydrogens (tertiary/aromatic N) is 1. The van der Waals surface area contributed by atoms with Crippen LogP contribution in [0.1, 0.15) is 34.6 Å². The van der Waals surface area contributed by atoms with Crippen LogP contribution in [0.2, 0.25) is 0 Å². The molecule has 0 saturated heterocycles. The smallest absolute Gasteiger partial charge is 0.271 e. The zero-order valence-corrected chi connectivity index (χ0v) is 7.68. The Morgan fingerprint density at radius 1 is 1.46 bits per heavy atom. The molecule has 0 saturated carbocycles. The van der Waals surface area contributed by atoms with Gasteiger partial charge in [-0.3, -0.25) is 9.89 Å². The predicted octanol–water partition coefficient (Wildman–Crippen LogP) is 0.648. The molecule has 0 bridgehead atoms. The average Bonchev–Trinajstić information content (AvgIpc) is 2.60. The fraction of sp³-hybridized carbons (Fsp3) is 0.556. The van der Waals surface area contributed by atoms with Crippen molar-refractivity contribution in [2.45, 2.75) is 25.7 Å². The van der Waals surface area contributed by atoms with Gasteiger partial charge in [-0.1, -0.05) is 0 Å². The summed E-state index contributed by atoms with van der Waals surface area (Å²) in [6.45, 7) is 0. The highest BCUT2D eigenvalue weighted by atomic mass is 16.1. The molecule has 70 valence electrons. The first-order chi connectivity index (χ1) is 6.33. The van der Waals surface area contributed by atoms with Gasteiger partial charge in [-0.2, -0.15) is 5.10 Å². The molecule has 4 nitrogen and oxygen atoms in total. The molecule has 1 aromatic heterocycles. The highest BCUT2D eigenvalue weighted by molar-refractivity contribution is 5.93. The molecule has 13 heavy (non-hydrogen) atoms. The number of H-pyrrole nitrogens is 1. The van der Waals surface area contributed by atoms with Crippen molar-refractivity contribution in [3.05, 3.63) is 17.0 Å². The monoisotopic (exact) mass is 179 g/mol. The SMILES string of the molecule is CNC(=O)c1n[nH]c2c1CCCC2. The first-order valence-electron chi connectivity index (χ1n) is 4.61. The van der Waals surface area contributed by atoms with Gasteiger partial charge in [0, 0.05) is 18.3 Å². The van der Waals surface area contributed by atoms with E-state index in [0.717, 1.165) is 30.5 Å². The van der Waals surface area contributed by atoms with Gasteiger partial charge in [0.05, 0.1) is 0 Å². The number of nitrogens with one attached hydrogen (secondary N) is 2. The van der Waals surface area contributed by atoms with Gasteiger partial charge in [0.2, 0.25) is 0 Å². The molecule has 0 aliphatic heterocycles. The van der Waals surface area contributed by atoms with Gasteiger partial charge < -0.3 is 5.32 Å². The minimum absolute atomic E-state index is 0.0839. The summed E-state index contributed by atoms with van der Waals surface area (Å²) in [5.41, 5.74) is 2.84. The van der Waals surface area contributed by atoms with E-state index in [1.54, 1.807) is 7.05 Å². The van der Waals surface area contributed by atoms with Crippen LogP contribution in [-0.4, -0.2) is 23.2 Å². The van der Waals surface area contributed by atoms with E-state index in [0.29, 0.717) is 5.69 Å². The summed E-state index contributed by atoms with van der Waals surface area (Å²) in [4.78, 5) is 11.4. The summed E-state index contributed by atoms with van der Waals surface area (Å²) in [7, 11) is 1.63. The second-order valence-corrected chi connectivity index (χ2v) is 3.32. The number of aromatic amines is 1. The fourth-order valence-electron chi connectivity index (χ4n) is 1.79. The number of carbonyl (C=O) groups is 1. The average molecular weight is 179 g/mol. The van der Waals surface area contributed by atoms with Crippen molar-refractivity contribution in [1.82, 2.24) is 15.5 Å². The topological polar surface area (TPSA) is 57.8 Å². The quantitative estimate of drug-likeness (QED) is 0.665. The molecule has 1 aliphatic carbocycles. The van der Waals surface area contributed by atoms with Gasteiger partial charge >= 0.3 is 0 Å². The Morgan fingerprint density at radius 3 is 3.00 bits per heavy atom. The maximum Gasteiger partial charge on any atom is 0.271 e. The lowest BCUT2D eigenvalue weighted by Gasteiger charge is -2.10. The lowest BCUT2D eigenvalue weighted by Crippen LogP contribution is -2.20. The van der Waals surface area contributed by atoms with Crippen molar-refractivity contribution < 1.29 is 4.79 Å². The number of rotatable bonds is 1. The minimum Gasteiger partial charge on any atom is -0.354 e. The normalized spacial score (nSPS) is 15.2. The van der Waals surface area contributed by atoms with Gasteiger partial charge in [-0.15, -0.1) is 0 Å². The van der Waals surface area contributed by atoms with E-state index in [1.165, 1.54) is 6.42 Å². The summed E-state index contributed by atoms with van der Waals surface area (Å²) in [5, 5.41) is 9.56. The number of fused-ring (bicyclic) bond motifs is 1. The van der Waals surface area contributed by atoms with Crippen LogP contribution >= 0.6 is 0 Å². The van der Waals surface area contributed by atoms with Crippen LogP contribution in [0.3, 0.4) is 0 Å². The molecule has 1 heterocycles. The Bertz CT molecular complexity index is 330. The Kier molecular flexibility index (Phi) is 2.04. The largest absolute Gasteiger partial charge is 0.354 e. The molecule has 1 aromatic rings. The molecule has 2 N–H and O–H groups in total. The number of hydrogen-bond donors (Lipinski definition) is 2. The van der Waals surface area contributed by atoms with Crippen LogP contribution in [0.4, 0.5) is 0 Å². The second kappa shape index (κ2) is 3.20. The summed E-state index contributed by atoms with van der Waals surface area (Å²) >= 11 is 0.